The number of aliphatic hydroxyl groups excluding tert-OH is 1. The van der Waals surface area contributed by atoms with Gasteiger partial charge < -0.3 is 10.8 Å². The maximum absolute atomic E-state index is 8.89. The fourth-order valence-corrected chi connectivity index (χ4v) is 0.924. The predicted octanol–water partition coefficient (Wildman–Crippen LogP) is 1.28. The van der Waals surface area contributed by atoms with E-state index in [1.165, 1.54) is 0 Å². The van der Waals surface area contributed by atoms with E-state index in [9.17, 15) is 0 Å². The van der Waals surface area contributed by atoms with Crippen LogP contribution < -0.4 is 5.73 Å². The molecule has 0 aromatic rings. The zero-order valence-electron chi connectivity index (χ0n) is 4.84. The maximum atomic E-state index is 8.89. The fourth-order valence-electron chi connectivity index (χ4n) is 0.715. The molecule has 1 aliphatic rings. The van der Waals surface area contributed by atoms with E-state index >= 15 is 0 Å². The molecule has 0 aliphatic heterocycles. The van der Waals surface area contributed by atoms with Crippen molar-refractivity contribution in [1.82, 2.24) is 0 Å². The summed E-state index contributed by atoms with van der Waals surface area (Å²) in [7, 11) is 0. The van der Waals surface area contributed by atoms with Gasteiger partial charge in [-0.2, -0.15) is 0 Å². The summed E-state index contributed by atoms with van der Waals surface area (Å²) in [5.74, 6) is 0.231. The summed E-state index contributed by atoms with van der Waals surface area (Å²) in [6.07, 6.45) is 5.18. The molecular weight excluding hydrogens is 138 g/mol. The lowest BCUT2D eigenvalue weighted by atomic mass is 10.1. The molecule has 1 aliphatic carbocycles. The van der Waals surface area contributed by atoms with Crippen molar-refractivity contribution < 1.29 is 5.11 Å². The molecule has 0 saturated heterocycles. The Morgan fingerprint density at radius 2 is 2.44 bits per heavy atom. The van der Waals surface area contributed by atoms with Gasteiger partial charge in [-0.3, -0.25) is 0 Å². The highest BCUT2D eigenvalue weighted by Gasteiger charge is 2.20. The van der Waals surface area contributed by atoms with Crippen LogP contribution in [0.2, 0.25) is 0 Å². The van der Waals surface area contributed by atoms with Gasteiger partial charge in [0.1, 0.15) is 5.00 Å². The van der Waals surface area contributed by atoms with Gasteiger partial charge in [-0.05, 0) is 12.2 Å². The lowest BCUT2D eigenvalue weighted by Crippen LogP contribution is -2.31. The molecular formula is C6H8ClNO. The van der Waals surface area contributed by atoms with E-state index in [4.69, 9.17) is 22.4 Å². The summed E-state index contributed by atoms with van der Waals surface area (Å²) in [4.78, 5) is -0.876. The third-order valence-corrected chi connectivity index (χ3v) is 1.37. The molecule has 0 aromatic carbocycles. The first-order chi connectivity index (χ1) is 4.10. The van der Waals surface area contributed by atoms with Crippen molar-refractivity contribution in [2.45, 2.75) is 11.4 Å². The molecule has 1 atom stereocenters. The van der Waals surface area contributed by atoms with E-state index in [1.807, 2.05) is 0 Å². The second-order valence-corrected chi connectivity index (χ2v) is 2.82. The normalized spacial score (nSPS) is 34.2. The molecule has 1 unspecified atom stereocenters. The molecule has 0 radical (unpaired) electrons. The molecule has 0 spiro atoms. The van der Waals surface area contributed by atoms with Crippen molar-refractivity contribution in [1.29, 1.82) is 0 Å². The number of hydrogen-bond donors (Lipinski definition) is 2. The van der Waals surface area contributed by atoms with Crippen LogP contribution in [0, 0.1) is 0 Å². The topological polar surface area (TPSA) is 46.2 Å². The smallest absolute Gasteiger partial charge is 0.117 e. The van der Waals surface area contributed by atoms with Crippen molar-refractivity contribution in [2.75, 3.05) is 0 Å². The van der Waals surface area contributed by atoms with Crippen LogP contribution in [0.4, 0.5) is 0 Å². The second-order valence-electron chi connectivity index (χ2n) is 2.12. The Bertz CT molecular complexity index is 172. The lowest BCUT2D eigenvalue weighted by molar-refractivity contribution is 0.372. The minimum absolute atomic E-state index is 0.231. The van der Waals surface area contributed by atoms with E-state index in [2.05, 4.69) is 0 Å². The van der Waals surface area contributed by atoms with E-state index in [1.54, 1.807) is 18.2 Å². The number of aliphatic hydroxyl groups is 1. The van der Waals surface area contributed by atoms with Crippen LogP contribution in [0.1, 0.15) is 6.42 Å². The standard InChI is InChI=1S/C6H8ClNO/c7-6(8)3-1-2-5(9)4-6/h1-3,9H,4,8H2. The lowest BCUT2D eigenvalue weighted by Gasteiger charge is -2.18. The number of rotatable bonds is 0. The summed E-state index contributed by atoms with van der Waals surface area (Å²) >= 11 is 5.66. The second kappa shape index (κ2) is 2.05. The van der Waals surface area contributed by atoms with Crippen molar-refractivity contribution in [3.8, 4) is 0 Å². The van der Waals surface area contributed by atoms with Gasteiger partial charge in [0.25, 0.3) is 0 Å². The third kappa shape index (κ3) is 1.73. The minimum atomic E-state index is -0.876. The Kier molecular flexibility index (Phi) is 1.51. The van der Waals surface area contributed by atoms with Crippen molar-refractivity contribution >= 4 is 11.6 Å². The van der Waals surface area contributed by atoms with E-state index in [0.717, 1.165) is 0 Å². The number of hydrogen-bond acceptors (Lipinski definition) is 2. The zero-order valence-corrected chi connectivity index (χ0v) is 5.60. The van der Waals surface area contributed by atoms with E-state index in [-0.39, 0.29) is 5.76 Å². The first kappa shape index (κ1) is 6.65. The van der Waals surface area contributed by atoms with Crippen LogP contribution in [0.15, 0.2) is 24.0 Å². The molecule has 1 rings (SSSR count). The number of nitrogens with two attached hydrogens (primary N) is 1. The highest BCUT2D eigenvalue weighted by Crippen LogP contribution is 2.22. The Balaban J connectivity index is 2.73. The summed E-state index contributed by atoms with van der Waals surface area (Å²) in [6.45, 7) is 0. The maximum Gasteiger partial charge on any atom is 0.117 e. The SMILES string of the molecule is NC1(Cl)C=CC=C(O)C1. The third-order valence-electron chi connectivity index (χ3n) is 1.11. The molecule has 0 fully saturated rings. The Labute approximate surface area is 58.6 Å². The molecule has 0 bridgehead atoms. The predicted molar refractivity (Wildman–Crippen MR) is 37.2 cm³/mol. The molecule has 50 valence electrons. The number of halogens is 1. The first-order valence-electron chi connectivity index (χ1n) is 2.65. The Morgan fingerprint density at radius 1 is 1.78 bits per heavy atom. The van der Waals surface area contributed by atoms with E-state index < -0.39 is 5.00 Å². The summed E-state index contributed by atoms with van der Waals surface area (Å²) < 4.78 is 0. The van der Waals surface area contributed by atoms with Gasteiger partial charge in [-0.1, -0.05) is 17.7 Å². The molecule has 0 aromatic heterocycles. The number of alkyl halides is 1. The Hall–Kier alpha value is -0.470. The summed E-state index contributed by atoms with van der Waals surface area (Å²) in [5.41, 5.74) is 5.45. The molecule has 0 heterocycles. The zero-order chi connectivity index (χ0) is 6.91. The molecule has 0 saturated carbocycles. The van der Waals surface area contributed by atoms with Crippen LogP contribution in [-0.2, 0) is 0 Å². The van der Waals surface area contributed by atoms with Crippen LogP contribution >= 0.6 is 11.6 Å². The average molecular weight is 146 g/mol. The summed E-state index contributed by atoms with van der Waals surface area (Å²) in [5, 5.41) is 8.89. The molecule has 0 amide bonds. The summed E-state index contributed by atoms with van der Waals surface area (Å²) in [6, 6.07) is 0. The number of allylic oxidation sites excluding steroid dienone is 2. The van der Waals surface area contributed by atoms with Crippen LogP contribution in [0.25, 0.3) is 0 Å². The van der Waals surface area contributed by atoms with Gasteiger partial charge in [-0.15, -0.1) is 0 Å². The van der Waals surface area contributed by atoms with Crippen LogP contribution in [0.3, 0.4) is 0 Å². The molecule has 3 N–H and O–H groups in total. The minimum Gasteiger partial charge on any atom is -0.512 e. The fraction of sp³-hybridized carbons (Fsp3) is 0.333. The van der Waals surface area contributed by atoms with Crippen molar-refractivity contribution in [2.24, 2.45) is 5.73 Å². The quantitative estimate of drug-likeness (QED) is 0.399. The van der Waals surface area contributed by atoms with Gasteiger partial charge in [0.2, 0.25) is 0 Å². The Morgan fingerprint density at radius 3 is 2.78 bits per heavy atom. The highest BCUT2D eigenvalue weighted by molar-refractivity contribution is 6.25. The van der Waals surface area contributed by atoms with Gasteiger partial charge in [0, 0.05) is 6.42 Å². The molecule has 2 nitrogen and oxygen atoms in total. The van der Waals surface area contributed by atoms with Crippen molar-refractivity contribution in [3.63, 3.8) is 0 Å². The van der Waals surface area contributed by atoms with Crippen molar-refractivity contribution in [3.05, 3.63) is 24.0 Å². The monoisotopic (exact) mass is 145 g/mol. The highest BCUT2D eigenvalue weighted by atomic mass is 35.5. The largest absolute Gasteiger partial charge is 0.512 e. The molecule has 3 heteroatoms. The average Bonchev–Trinajstić information content (AvgIpc) is 1.60. The van der Waals surface area contributed by atoms with Crippen LogP contribution in [0.5, 0.6) is 0 Å². The van der Waals surface area contributed by atoms with E-state index in [0.29, 0.717) is 6.42 Å². The first-order valence-corrected chi connectivity index (χ1v) is 3.03. The van der Waals surface area contributed by atoms with Gasteiger partial charge in [-0.25, -0.2) is 0 Å². The van der Waals surface area contributed by atoms with Gasteiger partial charge in [0.05, 0.1) is 5.76 Å². The molecule has 9 heavy (non-hydrogen) atoms. The van der Waals surface area contributed by atoms with Crippen LogP contribution in [-0.4, -0.2) is 10.1 Å². The van der Waals surface area contributed by atoms with Gasteiger partial charge in [0.15, 0.2) is 0 Å². The van der Waals surface area contributed by atoms with Gasteiger partial charge >= 0.3 is 0 Å².